The number of rotatable bonds is 4. The second kappa shape index (κ2) is 7.01. The molecule has 0 amide bonds. The molecule has 0 bridgehead atoms. The topological polar surface area (TPSA) is 32.3 Å². The van der Waals surface area contributed by atoms with Gasteiger partial charge in [0, 0.05) is 54.5 Å². The Labute approximate surface area is 114 Å². The van der Waals surface area contributed by atoms with Gasteiger partial charge in [-0.05, 0) is 25.7 Å². The van der Waals surface area contributed by atoms with E-state index < -0.39 is 10.8 Å². The van der Waals surface area contributed by atoms with E-state index in [4.69, 9.17) is 0 Å². The van der Waals surface area contributed by atoms with Gasteiger partial charge < -0.3 is 5.32 Å². The van der Waals surface area contributed by atoms with Crippen molar-refractivity contribution < 1.29 is 4.21 Å². The Morgan fingerprint density at radius 1 is 1.33 bits per heavy atom. The number of hydrogen-bond acceptors (Lipinski definition) is 3. The quantitative estimate of drug-likeness (QED) is 0.844. The second-order valence-corrected chi connectivity index (χ2v) is 7.52. The molecule has 1 N–H and O–H groups in total. The van der Waals surface area contributed by atoms with E-state index in [2.05, 4.69) is 17.1 Å². The largest absolute Gasteiger partial charge is 0.311 e. The van der Waals surface area contributed by atoms with Gasteiger partial charge in [0.05, 0.1) is 0 Å². The lowest BCUT2D eigenvalue weighted by atomic mass is 9.83. The van der Waals surface area contributed by atoms with Crippen molar-refractivity contribution in [1.82, 2.24) is 10.2 Å². The lowest BCUT2D eigenvalue weighted by Gasteiger charge is -2.41. The minimum Gasteiger partial charge on any atom is -0.311 e. The summed E-state index contributed by atoms with van der Waals surface area (Å²) in [4.78, 5) is 2.54. The lowest BCUT2D eigenvalue weighted by Crippen LogP contribution is -2.56. The average Bonchev–Trinajstić information content (AvgIpc) is 2.39. The zero-order valence-corrected chi connectivity index (χ0v) is 12.7. The van der Waals surface area contributed by atoms with Crippen LogP contribution in [0.2, 0.25) is 0 Å². The smallest absolute Gasteiger partial charge is 0.0385 e. The molecule has 0 aromatic heterocycles. The summed E-state index contributed by atoms with van der Waals surface area (Å²) < 4.78 is 11.3. The van der Waals surface area contributed by atoms with Crippen molar-refractivity contribution in [2.45, 2.75) is 51.1 Å². The normalized spacial score (nSPS) is 31.1. The highest BCUT2D eigenvalue weighted by molar-refractivity contribution is 7.84. The Hall–Kier alpha value is 0.0700. The van der Waals surface area contributed by atoms with Crippen LogP contribution in [0.5, 0.6) is 0 Å². The Balaban J connectivity index is 1.85. The fourth-order valence-corrected chi connectivity index (χ4v) is 4.39. The number of nitrogens with one attached hydrogen (secondary N) is 1. The third-order valence-electron chi connectivity index (χ3n) is 4.55. The van der Waals surface area contributed by atoms with Gasteiger partial charge in [0.1, 0.15) is 0 Å². The number of piperazine rings is 1. The average molecular weight is 272 g/mol. The van der Waals surface area contributed by atoms with Gasteiger partial charge in [0.2, 0.25) is 0 Å². The summed E-state index contributed by atoms with van der Waals surface area (Å²) in [5, 5.41) is 3.71. The molecule has 1 aliphatic carbocycles. The minimum atomic E-state index is -0.675. The Morgan fingerprint density at radius 3 is 2.72 bits per heavy atom. The van der Waals surface area contributed by atoms with Crippen molar-refractivity contribution in [3.05, 3.63) is 0 Å². The van der Waals surface area contributed by atoms with Gasteiger partial charge in [-0.15, -0.1) is 0 Å². The lowest BCUT2D eigenvalue weighted by molar-refractivity contribution is 0.122. The first-order chi connectivity index (χ1) is 8.66. The molecule has 3 nitrogen and oxygen atoms in total. The predicted octanol–water partition coefficient (Wildman–Crippen LogP) is 1.61. The van der Waals surface area contributed by atoms with E-state index in [1.54, 1.807) is 0 Å². The monoisotopic (exact) mass is 272 g/mol. The first-order valence-electron chi connectivity index (χ1n) is 7.44. The molecule has 0 spiro atoms. The SMILES string of the molecule is CC(CS(C)=O)N1CCNC(C2CCCCC2)C1. The molecule has 2 fully saturated rings. The van der Waals surface area contributed by atoms with Gasteiger partial charge >= 0.3 is 0 Å². The Kier molecular flexibility index (Phi) is 5.64. The van der Waals surface area contributed by atoms with Crippen LogP contribution >= 0.6 is 0 Å². The molecule has 1 saturated heterocycles. The van der Waals surface area contributed by atoms with Gasteiger partial charge in [-0.2, -0.15) is 0 Å². The Bertz CT molecular complexity index is 279. The standard InChI is InChI=1S/C14H28N2OS/c1-12(11-18(2)17)16-9-8-15-14(10-16)13-6-4-3-5-7-13/h12-15H,3-11H2,1-2H3. The second-order valence-electron chi connectivity index (χ2n) is 6.04. The molecular weight excluding hydrogens is 244 g/mol. The van der Waals surface area contributed by atoms with E-state index in [-0.39, 0.29) is 0 Å². The van der Waals surface area contributed by atoms with Crippen LogP contribution in [0.25, 0.3) is 0 Å². The minimum absolute atomic E-state index is 0.462. The first kappa shape index (κ1) is 14.5. The molecule has 2 aliphatic rings. The van der Waals surface area contributed by atoms with Crippen molar-refractivity contribution in [3.8, 4) is 0 Å². The summed E-state index contributed by atoms with van der Waals surface area (Å²) in [7, 11) is -0.675. The molecule has 3 unspecified atom stereocenters. The highest BCUT2D eigenvalue weighted by Crippen LogP contribution is 2.28. The van der Waals surface area contributed by atoms with Gasteiger partial charge in [-0.3, -0.25) is 9.11 Å². The maximum Gasteiger partial charge on any atom is 0.0385 e. The van der Waals surface area contributed by atoms with Crippen LogP contribution in [-0.4, -0.2) is 52.8 Å². The van der Waals surface area contributed by atoms with Crippen LogP contribution in [0, 0.1) is 5.92 Å². The maximum atomic E-state index is 11.3. The molecule has 4 heteroatoms. The van der Waals surface area contributed by atoms with E-state index in [1.807, 2.05) is 6.26 Å². The van der Waals surface area contributed by atoms with Gasteiger partial charge in [-0.25, -0.2) is 0 Å². The Morgan fingerprint density at radius 2 is 2.06 bits per heavy atom. The molecule has 0 radical (unpaired) electrons. The van der Waals surface area contributed by atoms with E-state index in [0.29, 0.717) is 12.1 Å². The molecule has 1 heterocycles. The van der Waals surface area contributed by atoms with Crippen molar-refractivity contribution in [3.63, 3.8) is 0 Å². The van der Waals surface area contributed by atoms with Gasteiger partial charge in [0.15, 0.2) is 0 Å². The van der Waals surface area contributed by atoms with Crippen molar-refractivity contribution in [2.75, 3.05) is 31.6 Å². The van der Waals surface area contributed by atoms with Crippen LogP contribution in [-0.2, 0) is 10.8 Å². The fourth-order valence-electron chi connectivity index (χ4n) is 3.50. The third-order valence-corrected chi connectivity index (χ3v) is 5.51. The summed E-state index contributed by atoms with van der Waals surface area (Å²) in [6, 6.07) is 1.14. The zero-order chi connectivity index (χ0) is 13.0. The third kappa shape index (κ3) is 4.04. The van der Waals surface area contributed by atoms with Crippen LogP contribution < -0.4 is 5.32 Å². The maximum absolute atomic E-state index is 11.3. The molecular formula is C14H28N2OS. The van der Waals surface area contributed by atoms with Crippen LogP contribution in [0.1, 0.15) is 39.0 Å². The summed E-state index contributed by atoms with van der Waals surface area (Å²) in [5.41, 5.74) is 0. The molecule has 18 heavy (non-hydrogen) atoms. The molecule has 106 valence electrons. The summed E-state index contributed by atoms with van der Waals surface area (Å²) in [5.74, 6) is 1.69. The molecule has 0 aromatic rings. The number of nitrogens with zero attached hydrogens (tertiary/aromatic N) is 1. The van der Waals surface area contributed by atoms with Gasteiger partial charge in [-0.1, -0.05) is 19.3 Å². The molecule has 2 rings (SSSR count). The zero-order valence-electron chi connectivity index (χ0n) is 11.9. The fraction of sp³-hybridized carbons (Fsp3) is 1.00. The molecule has 0 aromatic carbocycles. The number of hydrogen-bond donors (Lipinski definition) is 1. The molecule has 1 aliphatic heterocycles. The summed E-state index contributed by atoms with van der Waals surface area (Å²) in [6.07, 6.45) is 8.88. The highest BCUT2D eigenvalue weighted by atomic mass is 32.2. The van der Waals surface area contributed by atoms with Crippen molar-refractivity contribution >= 4 is 10.8 Å². The summed E-state index contributed by atoms with van der Waals surface area (Å²) >= 11 is 0. The van der Waals surface area contributed by atoms with Crippen LogP contribution in [0.4, 0.5) is 0 Å². The van der Waals surface area contributed by atoms with E-state index in [0.717, 1.165) is 31.3 Å². The predicted molar refractivity (Wildman–Crippen MR) is 78.3 cm³/mol. The van der Waals surface area contributed by atoms with Gasteiger partial charge in [0.25, 0.3) is 0 Å². The van der Waals surface area contributed by atoms with Crippen LogP contribution in [0.3, 0.4) is 0 Å². The van der Waals surface area contributed by atoms with E-state index in [1.165, 1.54) is 32.1 Å². The molecule has 3 atom stereocenters. The van der Waals surface area contributed by atoms with Crippen molar-refractivity contribution in [2.24, 2.45) is 5.92 Å². The molecule has 1 saturated carbocycles. The van der Waals surface area contributed by atoms with E-state index >= 15 is 0 Å². The highest BCUT2D eigenvalue weighted by Gasteiger charge is 2.29. The first-order valence-corrected chi connectivity index (χ1v) is 9.17. The van der Waals surface area contributed by atoms with Crippen molar-refractivity contribution in [1.29, 1.82) is 0 Å². The summed E-state index contributed by atoms with van der Waals surface area (Å²) in [6.45, 7) is 5.59. The van der Waals surface area contributed by atoms with E-state index in [9.17, 15) is 4.21 Å². The van der Waals surface area contributed by atoms with Crippen LogP contribution in [0.15, 0.2) is 0 Å².